The molecule has 2 aromatic rings. The van der Waals surface area contributed by atoms with Gasteiger partial charge in [0.15, 0.2) is 0 Å². The molecule has 4 N–H and O–H groups in total. The average molecular weight is 489 g/mol. The number of carbonyl (C=O) groups excluding carboxylic acids is 1. The third kappa shape index (κ3) is 7.72. The minimum Gasteiger partial charge on any atom is -0.449 e. The Morgan fingerprint density at radius 2 is 1.45 bits per heavy atom. The molecule has 1 amide bonds. The van der Waals surface area contributed by atoms with Crippen molar-refractivity contribution < 1.29 is 35.7 Å². The van der Waals surface area contributed by atoms with E-state index < -0.39 is 15.6 Å². The highest BCUT2D eigenvalue weighted by Crippen LogP contribution is 2.44. The summed E-state index contributed by atoms with van der Waals surface area (Å²) in [5.74, 6) is 0.114. The minimum atomic E-state index is -5.84. The molecule has 7 nitrogen and oxygen atoms in total. The van der Waals surface area contributed by atoms with Crippen LogP contribution in [0, 0.1) is 0 Å². The number of fused-ring (bicyclic) bond motifs is 3. The van der Waals surface area contributed by atoms with Crippen LogP contribution in [0.3, 0.4) is 0 Å². The van der Waals surface area contributed by atoms with Gasteiger partial charge in [-0.05, 0) is 41.6 Å². The first-order valence-electron chi connectivity index (χ1n) is 10.4. The van der Waals surface area contributed by atoms with Gasteiger partial charge in [-0.15, -0.1) is 0 Å². The van der Waals surface area contributed by atoms with Crippen LogP contribution in [0.25, 0.3) is 11.1 Å². The maximum atomic E-state index is 12.0. The molecule has 11 heteroatoms. The highest BCUT2D eigenvalue weighted by molar-refractivity contribution is 7.86. The number of halogens is 3. The Bertz CT molecular complexity index is 983. The van der Waals surface area contributed by atoms with E-state index in [1.54, 1.807) is 0 Å². The fraction of sp³-hybridized carbons (Fsp3) is 0.409. The summed E-state index contributed by atoms with van der Waals surface area (Å²) in [6.07, 6.45) is 3.87. The largest absolute Gasteiger partial charge is 0.522 e. The van der Waals surface area contributed by atoms with Crippen molar-refractivity contribution in [2.24, 2.45) is 5.73 Å². The summed E-state index contributed by atoms with van der Waals surface area (Å²) in [5.41, 5.74) is 4.89. The minimum absolute atomic E-state index is 0.114. The summed E-state index contributed by atoms with van der Waals surface area (Å²) < 4.78 is 63.0. The van der Waals surface area contributed by atoms with E-state index in [9.17, 15) is 18.0 Å². The summed E-state index contributed by atoms with van der Waals surface area (Å²) in [6, 6.07) is 16.7. The van der Waals surface area contributed by atoms with Gasteiger partial charge >= 0.3 is 21.7 Å². The van der Waals surface area contributed by atoms with Crippen LogP contribution in [0.1, 0.15) is 42.7 Å². The lowest BCUT2D eigenvalue weighted by atomic mass is 9.98. The SMILES string of the molecule is NCCCCCCNC(=O)OCC1c2ccccc2-c2ccccc21.O=S(=O)(O)C(F)(F)F. The summed E-state index contributed by atoms with van der Waals surface area (Å²) in [5, 5.41) is 2.84. The number of nitrogens with two attached hydrogens (primary N) is 1. The maximum Gasteiger partial charge on any atom is 0.522 e. The number of amides is 1. The van der Waals surface area contributed by atoms with Crippen molar-refractivity contribution in [3.8, 4) is 11.1 Å². The molecule has 0 saturated heterocycles. The van der Waals surface area contributed by atoms with Crippen LogP contribution in [0.4, 0.5) is 18.0 Å². The van der Waals surface area contributed by atoms with Crippen molar-refractivity contribution in [2.75, 3.05) is 19.7 Å². The molecule has 2 aromatic carbocycles. The van der Waals surface area contributed by atoms with E-state index >= 15 is 0 Å². The second kappa shape index (κ2) is 12.0. The molecule has 0 atom stereocenters. The van der Waals surface area contributed by atoms with Crippen LogP contribution in [0.2, 0.25) is 0 Å². The zero-order chi connectivity index (χ0) is 24.5. The van der Waals surface area contributed by atoms with E-state index in [-0.39, 0.29) is 12.0 Å². The molecule has 182 valence electrons. The van der Waals surface area contributed by atoms with Crippen LogP contribution < -0.4 is 11.1 Å². The highest BCUT2D eigenvalue weighted by Gasteiger charge is 2.44. The number of carbonyl (C=O) groups is 1. The molecule has 0 unspecified atom stereocenters. The fourth-order valence-electron chi connectivity index (χ4n) is 3.46. The van der Waals surface area contributed by atoms with Gasteiger partial charge in [-0.25, -0.2) is 4.79 Å². The van der Waals surface area contributed by atoms with Crippen LogP contribution >= 0.6 is 0 Å². The third-order valence-corrected chi connectivity index (χ3v) is 5.62. The second-order valence-electron chi connectivity index (χ2n) is 7.38. The molecule has 0 spiro atoms. The fourth-order valence-corrected chi connectivity index (χ4v) is 3.46. The van der Waals surface area contributed by atoms with Gasteiger partial charge in [-0.2, -0.15) is 21.6 Å². The molecular weight excluding hydrogens is 461 g/mol. The first kappa shape index (κ1) is 26.6. The van der Waals surface area contributed by atoms with Crippen molar-refractivity contribution in [3.05, 3.63) is 59.7 Å². The molecule has 0 saturated carbocycles. The average Bonchev–Trinajstić information content (AvgIpc) is 3.07. The van der Waals surface area contributed by atoms with Crippen LogP contribution in [-0.4, -0.2) is 44.3 Å². The lowest BCUT2D eigenvalue weighted by Gasteiger charge is -2.14. The van der Waals surface area contributed by atoms with Crippen LogP contribution in [-0.2, 0) is 14.9 Å². The van der Waals surface area contributed by atoms with Gasteiger partial charge in [0.2, 0.25) is 0 Å². The van der Waals surface area contributed by atoms with E-state index in [1.165, 1.54) is 22.3 Å². The molecule has 0 heterocycles. The van der Waals surface area contributed by atoms with Gasteiger partial charge in [0.1, 0.15) is 6.61 Å². The zero-order valence-corrected chi connectivity index (χ0v) is 18.7. The number of alkyl halides is 3. The summed E-state index contributed by atoms with van der Waals surface area (Å²) in [7, 11) is -5.84. The first-order valence-corrected chi connectivity index (χ1v) is 11.8. The number of ether oxygens (including phenoxy) is 1. The van der Waals surface area contributed by atoms with E-state index in [4.69, 9.17) is 23.4 Å². The summed E-state index contributed by atoms with van der Waals surface area (Å²) in [6.45, 7) is 1.76. The number of benzene rings is 2. The van der Waals surface area contributed by atoms with E-state index in [2.05, 4.69) is 41.7 Å². The van der Waals surface area contributed by atoms with Gasteiger partial charge in [0.05, 0.1) is 0 Å². The molecule has 33 heavy (non-hydrogen) atoms. The number of hydrogen-bond acceptors (Lipinski definition) is 5. The quantitative estimate of drug-likeness (QED) is 0.287. The van der Waals surface area contributed by atoms with Crippen molar-refractivity contribution in [1.82, 2.24) is 5.32 Å². The van der Waals surface area contributed by atoms with E-state index in [0.29, 0.717) is 13.2 Å². The van der Waals surface area contributed by atoms with Crippen molar-refractivity contribution >= 4 is 16.2 Å². The molecule has 0 radical (unpaired) electrons. The Hall–Kier alpha value is -2.63. The van der Waals surface area contributed by atoms with E-state index in [0.717, 1.165) is 32.2 Å². The Morgan fingerprint density at radius 1 is 0.970 bits per heavy atom. The van der Waals surface area contributed by atoms with Gasteiger partial charge < -0.3 is 15.8 Å². The number of rotatable bonds is 8. The second-order valence-corrected chi connectivity index (χ2v) is 8.79. The monoisotopic (exact) mass is 488 g/mol. The number of unbranched alkanes of at least 4 members (excludes halogenated alkanes) is 3. The van der Waals surface area contributed by atoms with Crippen LogP contribution in [0.5, 0.6) is 0 Å². The highest BCUT2D eigenvalue weighted by atomic mass is 32.2. The molecule has 3 rings (SSSR count). The Labute approximate surface area is 190 Å². The lowest BCUT2D eigenvalue weighted by molar-refractivity contribution is -0.0510. The lowest BCUT2D eigenvalue weighted by Crippen LogP contribution is -2.27. The summed E-state index contributed by atoms with van der Waals surface area (Å²) in [4.78, 5) is 12.0. The van der Waals surface area contributed by atoms with Gasteiger partial charge in [0.25, 0.3) is 0 Å². The predicted molar refractivity (Wildman–Crippen MR) is 118 cm³/mol. The third-order valence-electron chi connectivity index (χ3n) is 5.04. The maximum absolute atomic E-state index is 12.0. The normalized spacial score (nSPS) is 12.9. The predicted octanol–water partition coefficient (Wildman–Crippen LogP) is 4.44. The molecule has 1 aliphatic rings. The Morgan fingerprint density at radius 3 is 1.94 bits per heavy atom. The zero-order valence-electron chi connectivity index (χ0n) is 17.8. The Balaban J connectivity index is 0.000000414. The van der Waals surface area contributed by atoms with Crippen molar-refractivity contribution in [2.45, 2.75) is 37.1 Å². The standard InChI is InChI=1S/C21H26N2O2.CHF3O3S/c22-13-7-1-2-8-14-23-21(24)25-15-20-18-11-5-3-9-16(18)17-10-4-6-12-19(17)20;2-1(3,4)8(5,6)7/h3-6,9-12,20H,1-2,7-8,13-15,22H2,(H,23,24);(H,5,6,7). The molecule has 0 aliphatic heterocycles. The Kier molecular flexibility index (Phi) is 9.69. The molecule has 0 aromatic heterocycles. The number of nitrogens with one attached hydrogen (secondary N) is 1. The summed E-state index contributed by atoms with van der Waals surface area (Å²) >= 11 is 0. The van der Waals surface area contributed by atoms with E-state index in [1.807, 2.05) is 12.1 Å². The van der Waals surface area contributed by atoms with Crippen molar-refractivity contribution in [3.63, 3.8) is 0 Å². The van der Waals surface area contributed by atoms with Gasteiger partial charge in [-0.1, -0.05) is 61.4 Å². The number of alkyl carbamates (subject to hydrolysis) is 1. The topological polar surface area (TPSA) is 119 Å². The van der Waals surface area contributed by atoms with Gasteiger partial charge in [-0.3, -0.25) is 4.55 Å². The smallest absolute Gasteiger partial charge is 0.449 e. The molecule has 0 bridgehead atoms. The molecular formula is C22H27F3N2O5S. The van der Waals surface area contributed by atoms with Crippen LogP contribution in [0.15, 0.2) is 48.5 Å². The first-order chi connectivity index (χ1) is 15.6. The number of hydrogen-bond donors (Lipinski definition) is 3. The molecule has 0 fully saturated rings. The molecule has 1 aliphatic carbocycles. The van der Waals surface area contributed by atoms with Gasteiger partial charge in [0, 0.05) is 12.5 Å². The van der Waals surface area contributed by atoms with Crippen molar-refractivity contribution in [1.29, 1.82) is 0 Å².